The van der Waals surface area contributed by atoms with Gasteiger partial charge in [-0.25, -0.2) is 0 Å². The van der Waals surface area contributed by atoms with E-state index in [2.05, 4.69) is 150 Å². The molecule has 0 aromatic heterocycles. The van der Waals surface area contributed by atoms with E-state index in [1.165, 1.54) is 0 Å². The van der Waals surface area contributed by atoms with Crippen LogP contribution in [-0.2, 0) is 0 Å². The Kier molecular flexibility index (Phi) is 8.09. The first-order valence-corrected chi connectivity index (χ1v) is 12.6. The van der Waals surface area contributed by atoms with Gasteiger partial charge in [0.2, 0.25) is 0 Å². The molecule has 0 saturated heterocycles. The van der Waals surface area contributed by atoms with Crippen LogP contribution in [0.3, 0.4) is 0 Å². The lowest BCUT2D eigenvalue weighted by atomic mass is 9.93. The van der Waals surface area contributed by atoms with Crippen molar-refractivity contribution in [2.24, 2.45) is 0 Å². The highest BCUT2D eigenvalue weighted by molar-refractivity contribution is 9.11. The molecule has 0 unspecified atom stereocenters. The summed E-state index contributed by atoms with van der Waals surface area (Å²) in [6.45, 7) is 0. The Morgan fingerprint density at radius 1 is 0.559 bits per heavy atom. The third-order valence-corrected chi connectivity index (χ3v) is 7.45. The van der Waals surface area contributed by atoms with Crippen molar-refractivity contribution in [1.82, 2.24) is 0 Å². The molecule has 0 bridgehead atoms. The van der Waals surface area contributed by atoms with E-state index in [1.807, 2.05) is 0 Å². The molecule has 3 rings (SSSR count). The molecule has 0 N–H and O–H groups in total. The molecule has 3 aromatic carbocycles. The second-order valence-corrected chi connectivity index (χ2v) is 10.6. The molecule has 0 aliphatic rings. The summed E-state index contributed by atoms with van der Waals surface area (Å²) >= 11 is 7.77. The predicted molar refractivity (Wildman–Crippen MR) is 157 cm³/mol. The summed E-state index contributed by atoms with van der Waals surface area (Å²) in [4.78, 5) is 8.62. The van der Waals surface area contributed by atoms with Crippen molar-refractivity contribution >= 4 is 54.6 Å². The van der Waals surface area contributed by atoms with Gasteiger partial charge in [-0.1, -0.05) is 12.1 Å². The lowest BCUT2D eigenvalue weighted by Gasteiger charge is -2.28. The molecule has 7 heteroatoms. The number of hydrogen-bond acceptors (Lipinski definition) is 5. The Morgan fingerprint density at radius 2 is 0.853 bits per heavy atom. The fourth-order valence-electron chi connectivity index (χ4n) is 4.25. The van der Waals surface area contributed by atoms with Gasteiger partial charge in [0.1, 0.15) is 5.75 Å². The van der Waals surface area contributed by atoms with E-state index in [0.29, 0.717) is 0 Å². The fourth-order valence-corrected chi connectivity index (χ4v) is 5.87. The molecule has 0 aliphatic carbocycles. The van der Waals surface area contributed by atoms with Gasteiger partial charge in [0.15, 0.2) is 0 Å². The van der Waals surface area contributed by atoms with Crippen molar-refractivity contribution in [3.8, 4) is 28.0 Å². The van der Waals surface area contributed by atoms with Crippen molar-refractivity contribution in [2.45, 2.75) is 0 Å². The SMILES string of the molecule is COc1c(Br)c(-c2c(N(C)C)cccc2N(C)C)cc(-c2c(N(C)C)cccc2N(C)C)c1Br. The molecule has 0 fully saturated rings. The molecule has 34 heavy (non-hydrogen) atoms. The van der Waals surface area contributed by atoms with Gasteiger partial charge in [0, 0.05) is 101 Å². The molecular formula is C27H34Br2N4O. The summed E-state index contributed by atoms with van der Waals surface area (Å²) in [5.74, 6) is 0.768. The van der Waals surface area contributed by atoms with Crippen LogP contribution in [0.15, 0.2) is 51.4 Å². The van der Waals surface area contributed by atoms with Crippen LogP contribution in [-0.4, -0.2) is 63.5 Å². The highest BCUT2D eigenvalue weighted by Crippen LogP contribution is 2.52. The topological polar surface area (TPSA) is 22.2 Å². The second-order valence-electron chi connectivity index (χ2n) is 9.05. The molecule has 5 nitrogen and oxygen atoms in total. The zero-order valence-corrected chi connectivity index (χ0v) is 24.7. The summed E-state index contributed by atoms with van der Waals surface area (Å²) in [7, 11) is 18.3. The standard InChI is InChI=1S/C27H34Br2N4O/c1-30(2)19-12-10-13-20(31(3)4)23(19)17-16-18(26(29)27(34-9)25(17)28)24-21(32(5)6)14-11-15-22(24)33(7)8/h10-16H,1-9H3. The van der Waals surface area contributed by atoms with Crippen molar-refractivity contribution in [3.05, 3.63) is 51.4 Å². The first kappa shape index (κ1) is 26.2. The number of anilines is 4. The van der Waals surface area contributed by atoms with Crippen molar-refractivity contribution in [1.29, 1.82) is 0 Å². The van der Waals surface area contributed by atoms with Crippen molar-refractivity contribution < 1.29 is 4.74 Å². The Balaban J connectivity index is 2.53. The molecule has 182 valence electrons. The first-order valence-electron chi connectivity index (χ1n) is 11.0. The number of halogens is 2. The number of ether oxygens (including phenoxy) is 1. The average molecular weight is 590 g/mol. The maximum atomic E-state index is 5.95. The third kappa shape index (κ3) is 4.73. The molecular weight excluding hydrogens is 556 g/mol. The van der Waals surface area contributed by atoms with E-state index < -0.39 is 0 Å². The van der Waals surface area contributed by atoms with Crippen LogP contribution in [0.25, 0.3) is 22.3 Å². The van der Waals surface area contributed by atoms with Crippen LogP contribution >= 0.6 is 31.9 Å². The Labute approximate surface area is 221 Å². The van der Waals surface area contributed by atoms with Crippen LogP contribution in [0.2, 0.25) is 0 Å². The first-order chi connectivity index (χ1) is 16.0. The van der Waals surface area contributed by atoms with Gasteiger partial charge in [-0.2, -0.15) is 0 Å². The minimum atomic E-state index is 0.768. The molecule has 3 aromatic rings. The van der Waals surface area contributed by atoms with Crippen LogP contribution in [0.4, 0.5) is 22.7 Å². The lowest BCUT2D eigenvalue weighted by Crippen LogP contribution is -2.16. The van der Waals surface area contributed by atoms with E-state index in [1.54, 1.807) is 7.11 Å². The van der Waals surface area contributed by atoms with E-state index >= 15 is 0 Å². The maximum Gasteiger partial charge on any atom is 0.148 e. The number of hydrogen-bond donors (Lipinski definition) is 0. The Hall–Kier alpha value is -2.38. The van der Waals surface area contributed by atoms with Gasteiger partial charge in [-0.05, 0) is 62.2 Å². The molecule has 0 heterocycles. The van der Waals surface area contributed by atoms with Crippen LogP contribution in [0.5, 0.6) is 5.75 Å². The lowest BCUT2D eigenvalue weighted by molar-refractivity contribution is 0.410. The quantitative estimate of drug-likeness (QED) is 0.301. The summed E-state index contributed by atoms with van der Waals surface area (Å²) in [5, 5.41) is 0. The van der Waals surface area contributed by atoms with Crippen molar-refractivity contribution in [2.75, 3.05) is 83.1 Å². The van der Waals surface area contributed by atoms with Gasteiger partial charge in [0.25, 0.3) is 0 Å². The molecule has 0 radical (unpaired) electrons. The number of rotatable bonds is 7. The van der Waals surface area contributed by atoms with E-state index in [0.717, 1.165) is 59.7 Å². The summed E-state index contributed by atoms with van der Waals surface area (Å²) in [6.07, 6.45) is 0. The minimum Gasteiger partial charge on any atom is -0.494 e. The zero-order valence-electron chi connectivity index (χ0n) is 21.5. The Morgan fingerprint density at radius 3 is 1.09 bits per heavy atom. The predicted octanol–water partition coefficient (Wildman–Crippen LogP) is 6.82. The van der Waals surface area contributed by atoms with Gasteiger partial charge < -0.3 is 24.3 Å². The monoisotopic (exact) mass is 588 g/mol. The summed E-state index contributed by atoms with van der Waals surface area (Å²) in [6, 6.07) is 15.1. The number of benzene rings is 3. The van der Waals surface area contributed by atoms with Gasteiger partial charge in [0.05, 0.1) is 16.1 Å². The van der Waals surface area contributed by atoms with Gasteiger partial charge in [-0.3, -0.25) is 0 Å². The van der Waals surface area contributed by atoms with Crippen LogP contribution in [0.1, 0.15) is 0 Å². The third-order valence-electron chi connectivity index (χ3n) is 5.87. The summed E-state index contributed by atoms with van der Waals surface area (Å²) in [5.41, 5.74) is 8.97. The Bertz CT molecular complexity index is 1050. The zero-order chi connectivity index (χ0) is 25.3. The average Bonchev–Trinajstić information content (AvgIpc) is 2.78. The molecule has 0 spiro atoms. The number of nitrogens with zero attached hydrogens (tertiary/aromatic N) is 4. The maximum absolute atomic E-state index is 5.95. The molecule has 0 atom stereocenters. The highest BCUT2D eigenvalue weighted by Gasteiger charge is 2.25. The molecule has 0 amide bonds. The highest BCUT2D eigenvalue weighted by atomic mass is 79.9. The minimum absolute atomic E-state index is 0.768. The van der Waals surface area contributed by atoms with E-state index in [9.17, 15) is 0 Å². The normalized spacial score (nSPS) is 10.8. The van der Waals surface area contributed by atoms with Gasteiger partial charge >= 0.3 is 0 Å². The van der Waals surface area contributed by atoms with E-state index in [4.69, 9.17) is 4.74 Å². The fraction of sp³-hybridized carbons (Fsp3) is 0.333. The molecule has 0 aliphatic heterocycles. The van der Waals surface area contributed by atoms with Crippen LogP contribution < -0.4 is 24.3 Å². The smallest absolute Gasteiger partial charge is 0.148 e. The number of methoxy groups -OCH3 is 1. The van der Waals surface area contributed by atoms with Gasteiger partial charge in [-0.15, -0.1) is 0 Å². The summed E-state index contributed by atoms with van der Waals surface area (Å²) < 4.78 is 7.78. The van der Waals surface area contributed by atoms with Crippen molar-refractivity contribution in [3.63, 3.8) is 0 Å². The van der Waals surface area contributed by atoms with Crippen LogP contribution in [0, 0.1) is 0 Å². The van der Waals surface area contributed by atoms with E-state index in [-0.39, 0.29) is 0 Å². The molecule has 0 saturated carbocycles. The largest absolute Gasteiger partial charge is 0.494 e. The second kappa shape index (κ2) is 10.5.